The number of hydrogen-bond acceptors (Lipinski definition) is 5. The van der Waals surface area contributed by atoms with Crippen LogP contribution in [0.15, 0.2) is 30.3 Å². The molecule has 0 aromatic heterocycles. The SMILES string of the molecule is CCOC(=O)C(CCc1ccccc1)NC1CCCCCNC1C(CC)C(=O)O. The highest BCUT2D eigenvalue weighted by molar-refractivity contribution is 5.76. The fourth-order valence-corrected chi connectivity index (χ4v) is 4.17. The quantitative estimate of drug-likeness (QED) is 0.519. The fraction of sp³-hybridized carbons (Fsp3) is 0.652. The summed E-state index contributed by atoms with van der Waals surface area (Å²) >= 11 is 0. The number of carboxylic acid groups (broad SMARTS) is 1. The van der Waals surface area contributed by atoms with Gasteiger partial charge in [0.2, 0.25) is 0 Å². The number of aryl methyl sites for hydroxylation is 1. The third kappa shape index (κ3) is 7.44. The highest BCUT2D eigenvalue weighted by Crippen LogP contribution is 2.21. The Hall–Kier alpha value is -1.92. The zero-order valence-corrected chi connectivity index (χ0v) is 17.7. The van der Waals surface area contributed by atoms with Crippen LogP contribution in [0.25, 0.3) is 0 Å². The molecule has 4 atom stereocenters. The number of rotatable bonds is 10. The van der Waals surface area contributed by atoms with E-state index in [2.05, 4.69) is 22.8 Å². The molecule has 6 heteroatoms. The van der Waals surface area contributed by atoms with E-state index in [9.17, 15) is 14.7 Å². The summed E-state index contributed by atoms with van der Waals surface area (Å²) in [5.74, 6) is -1.52. The summed E-state index contributed by atoms with van der Waals surface area (Å²) in [4.78, 5) is 24.5. The summed E-state index contributed by atoms with van der Waals surface area (Å²) in [6, 6.07) is 9.35. The Kier molecular flexibility index (Phi) is 10.2. The van der Waals surface area contributed by atoms with Gasteiger partial charge in [0, 0.05) is 12.1 Å². The van der Waals surface area contributed by atoms with Crippen molar-refractivity contribution in [2.45, 2.75) is 76.9 Å². The molecule has 1 heterocycles. The van der Waals surface area contributed by atoms with Gasteiger partial charge < -0.3 is 20.5 Å². The highest BCUT2D eigenvalue weighted by Gasteiger charge is 2.35. The Bertz CT molecular complexity index is 623. The molecule has 0 saturated carbocycles. The average molecular weight is 405 g/mol. The van der Waals surface area contributed by atoms with E-state index in [1.165, 1.54) is 5.56 Å². The van der Waals surface area contributed by atoms with Gasteiger partial charge in [0.15, 0.2) is 0 Å². The van der Waals surface area contributed by atoms with E-state index < -0.39 is 17.9 Å². The maximum absolute atomic E-state index is 12.7. The van der Waals surface area contributed by atoms with E-state index in [4.69, 9.17) is 4.74 Å². The number of ether oxygens (including phenoxy) is 1. The Morgan fingerprint density at radius 1 is 1.21 bits per heavy atom. The van der Waals surface area contributed by atoms with Gasteiger partial charge in [-0.2, -0.15) is 0 Å². The minimum atomic E-state index is -0.783. The van der Waals surface area contributed by atoms with Crippen molar-refractivity contribution < 1.29 is 19.4 Å². The second-order valence-electron chi connectivity index (χ2n) is 7.78. The Labute approximate surface area is 174 Å². The van der Waals surface area contributed by atoms with Crippen LogP contribution in [0.1, 0.15) is 57.9 Å². The van der Waals surface area contributed by atoms with E-state index in [1.807, 2.05) is 32.0 Å². The van der Waals surface area contributed by atoms with Crippen LogP contribution in [0.2, 0.25) is 0 Å². The number of carboxylic acids is 1. The first-order valence-corrected chi connectivity index (χ1v) is 11.0. The minimum Gasteiger partial charge on any atom is -0.481 e. The third-order valence-electron chi connectivity index (χ3n) is 5.75. The lowest BCUT2D eigenvalue weighted by Crippen LogP contribution is -2.58. The minimum absolute atomic E-state index is 0.0819. The molecule has 0 spiro atoms. The first kappa shape index (κ1) is 23.4. The molecule has 1 aliphatic rings. The molecule has 1 fully saturated rings. The number of nitrogens with one attached hydrogen (secondary N) is 2. The molecule has 1 aromatic carbocycles. The molecule has 1 aliphatic heterocycles. The van der Waals surface area contributed by atoms with Crippen LogP contribution in [0.3, 0.4) is 0 Å². The van der Waals surface area contributed by atoms with Gasteiger partial charge in [0.1, 0.15) is 6.04 Å². The second kappa shape index (κ2) is 12.6. The van der Waals surface area contributed by atoms with Crippen molar-refractivity contribution in [3.63, 3.8) is 0 Å². The Morgan fingerprint density at radius 2 is 1.97 bits per heavy atom. The van der Waals surface area contributed by atoms with Gasteiger partial charge in [-0.05, 0) is 51.1 Å². The van der Waals surface area contributed by atoms with Crippen molar-refractivity contribution >= 4 is 11.9 Å². The van der Waals surface area contributed by atoms with Crippen LogP contribution in [-0.2, 0) is 20.7 Å². The average Bonchev–Trinajstić information content (AvgIpc) is 2.69. The number of carbonyl (C=O) groups is 2. The topological polar surface area (TPSA) is 87.7 Å². The van der Waals surface area contributed by atoms with Crippen molar-refractivity contribution in [1.29, 1.82) is 0 Å². The second-order valence-corrected chi connectivity index (χ2v) is 7.78. The highest BCUT2D eigenvalue weighted by atomic mass is 16.5. The summed E-state index contributed by atoms with van der Waals surface area (Å²) in [5, 5.41) is 16.7. The van der Waals surface area contributed by atoms with Crippen LogP contribution in [0, 0.1) is 5.92 Å². The van der Waals surface area contributed by atoms with Gasteiger partial charge in [-0.25, -0.2) is 0 Å². The number of aliphatic carboxylic acids is 1. The van der Waals surface area contributed by atoms with Crippen molar-refractivity contribution in [2.24, 2.45) is 5.92 Å². The van der Waals surface area contributed by atoms with Crippen LogP contribution in [0.5, 0.6) is 0 Å². The zero-order valence-electron chi connectivity index (χ0n) is 17.7. The summed E-state index contributed by atoms with van der Waals surface area (Å²) in [6.45, 7) is 4.86. The number of benzene rings is 1. The number of esters is 1. The molecule has 0 radical (unpaired) electrons. The van der Waals surface area contributed by atoms with Gasteiger partial charge in [0.25, 0.3) is 0 Å². The molecule has 162 valence electrons. The molecule has 0 aliphatic carbocycles. The predicted octanol–water partition coefficient (Wildman–Crippen LogP) is 3.15. The number of hydrogen-bond donors (Lipinski definition) is 3. The molecule has 29 heavy (non-hydrogen) atoms. The van der Waals surface area contributed by atoms with Gasteiger partial charge in [0.05, 0.1) is 12.5 Å². The molecule has 3 N–H and O–H groups in total. The van der Waals surface area contributed by atoms with Crippen molar-refractivity contribution in [3.8, 4) is 0 Å². The molecule has 0 amide bonds. The standard InChI is InChI=1S/C23H36N2O4/c1-3-18(22(26)27)21-19(13-9-6-10-16-24-21)25-20(23(28)29-4-2)15-14-17-11-7-5-8-12-17/h5,7-8,11-12,18-21,24-25H,3-4,6,9-10,13-16H2,1-2H3,(H,26,27). The van der Waals surface area contributed by atoms with E-state index in [1.54, 1.807) is 0 Å². The molecular weight excluding hydrogens is 368 g/mol. The van der Waals surface area contributed by atoms with Gasteiger partial charge in [-0.15, -0.1) is 0 Å². The lowest BCUT2D eigenvalue weighted by Gasteiger charge is -2.36. The molecular formula is C23H36N2O4. The molecule has 4 unspecified atom stereocenters. The van der Waals surface area contributed by atoms with Crippen LogP contribution < -0.4 is 10.6 Å². The molecule has 2 rings (SSSR count). The predicted molar refractivity (Wildman–Crippen MR) is 114 cm³/mol. The first-order valence-electron chi connectivity index (χ1n) is 11.0. The summed E-state index contributed by atoms with van der Waals surface area (Å²) in [5.41, 5.74) is 1.17. The zero-order chi connectivity index (χ0) is 21.1. The van der Waals surface area contributed by atoms with E-state index in [0.29, 0.717) is 19.4 Å². The van der Waals surface area contributed by atoms with Crippen molar-refractivity contribution in [3.05, 3.63) is 35.9 Å². The van der Waals surface area contributed by atoms with Gasteiger partial charge >= 0.3 is 11.9 Å². The molecule has 1 saturated heterocycles. The number of carbonyl (C=O) groups excluding carboxylic acids is 1. The monoisotopic (exact) mass is 404 g/mol. The van der Waals surface area contributed by atoms with E-state index in [-0.39, 0.29) is 18.1 Å². The largest absolute Gasteiger partial charge is 0.481 e. The first-order chi connectivity index (χ1) is 14.1. The van der Waals surface area contributed by atoms with Crippen LogP contribution in [0.4, 0.5) is 0 Å². The van der Waals surface area contributed by atoms with Crippen molar-refractivity contribution in [2.75, 3.05) is 13.2 Å². The van der Waals surface area contributed by atoms with Crippen LogP contribution in [-0.4, -0.2) is 48.3 Å². The molecule has 1 aromatic rings. The Balaban J connectivity index is 2.15. The van der Waals surface area contributed by atoms with Gasteiger partial charge in [-0.1, -0.05) is 50.1 Å². The summed E-state index contributed by atoms with van der Waals surface area (Å²) in [7, 11) is 0. The lowest BCUT2D eigenvalue weighted by atomic mass is 9.86. The maximum Gasteiger partial charge on any atom is 0.323 e. The van der Waals surface area contributed by atoms with Crippen LogP contribution >= 0.6 is 0 Å². The van der Waals surface area contributed by atoms with Gasteiger partial charge in [-0.3, -0.25) is 9.59 Å². The van der Waals surface area contributed by atoms with E-state index >= 15 is 0 Å². The maximum atomic E-state index is 12.7. The Morgan fingerprint density at radius 3 is 2.62 bits per heavy atom. The van der Waals surface area contributed by atoms with E-state index in [0.717, 1.165) is 38.6 Å². The summed E-state index contributed by atoms with van der Waals surface area (Å²) < 4.78 is 5.32. The normalized spacial score (nSPS) is 22.1. The summed E-state index contributed by atoms with van der Waals surface area (Å²) in [6.07, 6.45) is 5.97. The van der Waals surface area contributed by atoms with Crippen molar-refractivity contribution in [1.82, 2.24) is 10.6 Å². The molecule has 6 nitrogen and oxygen atoms in total. The smallest absolute Gasteiger partial charge is 0.323 e. The molecule has 0 bridgehead atoms. The third-order valence-corrected chi connectivity index (χ3v) is 5.75. The fourth-order valence-electron chi connectivity index (χ4n) is 4.17. The lowest BCUT2D eigenvalue weighted by molar-refractivity contribution is -0.146.